The molecule has 1 unspecified atom stereocenters. The van der Waals surface area contributed by atoms with Gasteiger partial charge in [0, 0.05) is 12.5 Å². The SMILES string of the molecule is CC(=O)NC1C(=O)N(Cc2ccc(OC(C)C)cc2)c2c(Cl)cccc21. The van der Waals surface area contributed by atoms with Gasteiger partial charge < -0.3 is 15.0 Å². The molecule has 26 heavy (non-hydrogen) atoms. The van der Waals surface area contributed by atoms with Crippen molar-refractivity contribution < 1.29 is 14.3 Å². The Morgan fingerprint density at radius 3 is 2.54 bits per heavy atom. The second-order valence-electron chi connectivity index (χ2n) is 6.55. The lowest BCUT2D eigenvalue weighted by Gasteiger charge is -2.19. The number of amides is 2. The molecule has 0 spiro atoms. The second kappa shape index (κ2) is 7.38. The minimum Gasteiger partial charge on any atom is -0.491 e. The number of benzene rings is 2. The van der Waals surface area contributed by atoms with Crippen molar-refractivity contribution in [3.63, 3.8) is 0 Å². The van der Waals surface area contributed by atoms with Crippen LogP contribution in [-0.4, -0.2) is 17.9 Å². The summed E-state index contributed by atoms with van der Waals surface area (Å²) in [7, 11) is 0. The first-order chi connectivity index (χ1) is 12.4. The van der Waals surface area contributed by atoms with Gasteiger partial charge in [0.15, 0.2) is 0 Å². The molecular weight excluding hydrogens is 352 g/mol. The molecule has 3 rings (SSSR count). The van der Waals surface area contributed by atoms with Gasteiger partial charge in [-0.25, -0.2) is 0 Å². The molecule has 0 fully saturated rings. The smallest absolute Gasteiger partial charge is 0.254 e. The molecule has 0 aliphatic carbocycles. The lowest BCUT2D eigenvalue weighted by Crippen LogP contribution is -2.36. The Hall–Kier alpha value is -2.53. The predicted octanol–water partition coefficient (Wildman–Crippen LogP) is 3.85. The molecule has 0 saturated heterocycles. The van der Waals surface area contributed by atoms with Gasteiger partial charge in [-0.3, -0.25) is 9.59 Å². The van der Waals surface area contributed by atoms with E-state index < -0.39 is 6.04 Å². The van der Waals surface area contributed by atoms with Crippen LogP contribution in [-0.2, 0) is 16.1 Å². The summed E-state index contributed by atoms with van der Waals surface area (Å²) in [6, 6.07) is 12.3. The van der Waals surface area contributed by atoms with E-state index in [0.717, 1.165) is 16.9 Å². The van der Waals surface area contributed by atoms with Gasteiger partial charge in [0.1, 0.15) is 11.8 Å². The molecular formula is C20H21ClN2O3. The van der Waals surface area contributed by atoms with Gasteiger partial charge >= 0.3 is 0 Å². The van der Waals surface area contributed by atoms with Crippen LogP contribution in [0.4, 0.5) is 5.69 Å². The highest BCUT2D eigenvalue weighted by molar-refractivity contribution is 6.34. The minimum absolute atomic E-state index is 0.102. The van der Waals surface area contributed by atoms with E-state index in [2.05, 4.69) is 5.32 Å². The highest BCUT2D eigenvalue weighted by atomic mass is 35.5. The molecule has 1 atom stereocenters. The Balaban J connectivity index is 1.88. The summed E-state index contributed by atoms with van der Waals surface area (Å²) < 4.78 is 5.65. The molecule has 2 aromatic rings. The zero-order valence-corrected chi connectivity index (χ0v) is 15.7. The maximum absolute atomic E-state index is 12.9. The zero-order valence-electron chi connectivity index (χ0n) is 15.0. The fourth-order valence-corrected chi connectivity index (χ4v) is 3.36. The van der Waals surface area contributed by atoms with Gasteiger partial charge in [-0.05, 0) is 37.6 Å². The van der Waals surface area contributed by atoms with Crippen molar-refractivity contribution in [1.29, 1.82) is 0 Å². The number of carbonyl (C=O) groups excluding carboxylic acids is 2. The molecule has 5 nitrogen and oxygen atoms in total. The Morgan fingerprint density at radius 2 is 1.92 bits per heavy atom. The van der Waals surface area contributed by atoms with Gasteiger partial charge in [0.2, 0.25) is 5.91 Å². The molecule has 1 heterocycles. The number of hydrogen-bond acceptors (Lipinski definition) is 3. The van der Waals surface area contributed by atoms with Gasteiger partial charge in [-0.15, -0.1) is 0 Å². The first-order valence-electron chi connectivity index (χ1n) is 8.49. The lowest BCUT2D eigenvalue weighted by atomic mass is 10.1. The fraction of sp³-hybridized carbons (Fsp3) is 0.300. The van der Waals surface area contributed by atoms with E-state index in [1.165, 1.54) is 6.92 Å². The van der Waals surface area contributed by atoms with Crippen LogP contribution in [0.1, 0.15) is 37.9 Å². The number of ether oxygens (including phenoxy) is 1. The van der Waals surface area contributed by atoms with Crippen molar-refractivity contribution in [2.75, 3.05) is 4.90 Å². The van der Waals surface area contributed by atoms with Crippen molar-refractivity contribution in [3.05, 3.63) is 58.6 Å². The number of para-hydroxylation sites is 1. The maximum Gasteiger partial charge on any atom is 0.254 e. The van der Waals surface area contributed by atoms with Gasteiger partial charge in [-0.1, -0.05) is 35.9 Å². The normalized spacial score (nSPS) is 16.0. The average molecular weight is 373 g/mol. The van der Waals surface area contributed by atoms with Crippen molar-refractivity contribution in [1.82, 2.24) is 5.32 Å². The van der Waals surface area contributed by atoms with E-state index in [1.54, 1.807) is 17.0 Å². The molecule has 0 aromatic heterocycles. The van der Waals surface area contributed by atoms with Gasteiger partial charge in [0.25, 0.3) is 5.91 Å². The summed E-state index contributed by atoms with van der Waals surface area (Å²) in [5.74, 6) is 0.336. The van der Waals surface area contributed by atoms with Crippen LogP contribution < -0.4 is 15.0 Å². The number of anilines is 1. The highest BCUT2D eigenvalue weighted by Gasteiger charge is 2.39. The van der Waals surface area contributed by atoms with Gasteiger partial charge in [-0.2, -0.15) is 0 Å². The Morgan fingerprint density at radius 1 is 1.23 bits per heavy atom. The molecule has 1 aliphatic heterocycles. The quantitative estimate of drug-likeness (QED) is 0.867. The number of halogens is 1. The first kappa shape index (κ1) is 18.3. The Bertz CT molecular complexity index is 833. The predicted molar refractivity (Wildman–Crippen MR) is 101 cm³/mol. The van der Waals surface area contributed by atoms with E-state index in [1.807, 2.05) is 44.2 Å². The molecule has 6 heteroatoms. The first-order valence-corrected chi connectivity index (χ1v) is 8.87. The maximum atomic E-state index is 12.9. The third-order valence-electron chi connectivity index (χ3n) is 4.10. The van der Waals surface area contributed by atoms with Crippen LogP contribution in [0, 0.1) is 0 Å². The molecule has 1 aliphatic rings. The van der Waals surface area contributed by atoms with E-state index in [9.17, 15) is 9.59 Å². The van der Waals surface area contributed by atoms with Crippen molar-refractivity contribution in [2.45, 2.75) is 39.5 Å². The molecule has 2 aromatic carbocycles. The monoisotopic (exact) mass is 372 g/mol. The van der Waals surface area contributed by atoms with Crippen LogP contribution >= 0.6 is 11.6 Å². The largest absolute Gasteiger partial charge is 0.491 e. The fourth-order valence-electron chi connectivity index (χ4n) is 3.08. The number of fused-ring (bicyclic) bond motifs is 1. The summed E-state index contributed by atoms with van der Waals surface area (Å²) in [4.78, 5) is 26.0. The molecule has 0 saturated carbocycles. The van der Waals surface area contributed by atoms with Gasteiger partial charge in [0.05, 0.1) is 23.4 Å². The van der Waals surface area contributed by atoms with E-state index in [4.69, 9.17) is 16.3 Å². The number of nitrogens with one attached hydrogen (secondary N) is 1. The summed E-state index contributed by atoms with van der Waals surface area (Å²) in [5, 5.41) is 3.20. The topological polar surface area (TPSA) is 58.6 Å². The standard InChI is InChI=1S/C20H21ClN2O3/c1-12(2)26-15-9-7-14(8-10-15)11-23-19-16(5-4-6-17(19)21)18(20(23)25)22-13(3)24/h4-10,12,18H,11H2,1-3H3,(H,22,24). The highest BCUT2D eigenvalue weighted by Crippen LogP contribution is 2.41. The van der Waals surface area contributed by atoms with Crippen LogP contribution in [0.2, 0.25) is 5.02 Å². The molecule has 1 N–H and O–H groups in total. The van der Waals surface area contributed by atoms with Crippen LogP contribution in [0.25, 0.3) is 0 Å². The third kappa shape index (κ3) is 3.68. The molecule has 0 bridgehead atoms. The average Bonchev–Trinajstić information content (AvgIpc) is 2.82. The van der Waals surface area contributed by atoms with Crippen molar-refractivity contribution >= 4 is 29.1 Å². The zero-order chi connectivity index (χ0) is 18.8. The molecule has 0 radical (unpaired) electrons. The number of nitrogens with zero attached hydrogens (tertiary/aromatic N) is 1. The number of carbonyl (C=O) groups is 2. The van der Waals surface area contributed by atoms with E-state index in [-0.39, 0.29) is 17.9 Å². The molecule has 2 amide bonds. The Kier molecular flexibility index (Phi) is 5.18. The van der Waals surface area contributed by atoms with Crippen molar-refractivity contribution in [3.8, 4) is 5.75 Å². The van der Waals surface area contributed by atoms with E-state index >= 15 is 0 Å². The summed E-state index contributed by atoms with van der Waals surface area (Å²) in [6.07, 6.45) is 0.102. The second-order valence-corrected chi connectivity index (χ2v) is 6.95. The van der Waals surface area contributed by atoms with Crippen LogP contribution in [0.5, 0.6) is 5.75 Å². The van der Waals surface area contributed by atoms with E-state index in [0.29, 0.717) is 17.3 Å². The summed E-state index contributed by atoms with van der Waals surface area (Å²) >= 11 is 6.35. The summed E-state index contributed by atoms with van der Waals surface area (Å²) in [6.45, 7) is 5.71. The third-order valence-corrected chi connectivity index (χ3v) is 4.40. The Labute approximate surface area is 157 Å². The van der Waals surface area contributed by atoms with Crippen LogP contribution in [0.15, 0.2) is 42.5 Å². The summed E-state index contributed by atoms with van der Waals surface area (Å²) in [5.41, 5.74) is 2.32. The number of rotatable bonds is 5. The molecule has 136 valence electrons. The number of hydrogen-bond donors (Lipinski definition) is 1. The lowest BCUT2D eigenvalue weighted by molar-refractivity contribution is -0.126. The van der Waals surface area contributed by atoms with Crippen molar-refractivity contribution in [2.24, 2.45) is 0 Å². The van der Waals surface area contributed by atoms with Crippen LogP contribution in [0.3, 0.4) is 0 Å². The minimum atomic E-state index is -0.704.